The fourth-order valence-electron chi connectivity index (χ4n) is 2.11. The highest BCUT2D eigenvalue weighted by atomic mass is 35.5. The summed E-state index contributed by atoms with van der Waals surface area (Å²) in [6.07, 6.45) is 4.69. The molecule has 0 fully saturated rings. The first-order chi connectivity index (χ1) is 11.2. The monoisotopic (exact) mass is 332 g/mol. The molecule has 0 bridgehead atoms. The third-order valence-corrected chi connectivity index (χ3v) is 3.72. The number of carbonyl (C=O) groups excluding carboxylic acids is 1. The van der Waals surface area contributed by atoms with Crippen molar-refractivity contribution in [1.29, 1.82) is 0 Å². The van der Waals surface area contributed by atoms with Crippen molar-refractivity contribution >= 4 is 17.6 Å². The molecule has 2 rings (SSSR count). The summed E-state index contributed by atoms with van der Waals surface area (Å²) in [4.78, 5) is 12.1. The summed E-state index contributed by atoms with van der Waals surface area (Å²) in [5, 5.41) is 0.379. The second-order valence-electron chi connectivity index (χ2n) is 5.25. The number of hydrogen-bond donors (Lipinski definition) is 0. The Kier molecular flexibility index (Phi) is 6.95. The average Bonchev–Trinajstić information content (AvgIpc) is 2.56. The minimum atomic E-state index is -0.469. The average molecular weight is 333 g/mol. The zero-order valence-corrected chi connectivity index (χ0v) is 14.0. The number of rotatable bonds is 8. The molecule has 0 heterocycles. The summed E-state index contributed by atoms with van der Waals surface area (Å²) < 4.78 is 11.0. The van der Waals surface area contributed by atoms with E-state index in [1.807, 2.05) is 0 Å². The molecular weight excluding hydrogens is 312 g/mol. The molecule has 0 aliphatic heterocycles. The van der Waals surface area contributed by atoms with Crippen LogP contribution in [0.4, 0.5) is 0 Å². The van der Waals surface area contributed by atoms with Gasteiger partial charge in [-0.2, -0.15) is 0 Å². The standard InChI is InChI=1S/C19H21ClO3/c1-2-3-4-7-14-22-15-10-12-16(13-11-15)23-19(21)17-8-5-6-9-18(17)20/h5-6,8-13H,2-4,7,14H2,1H3. The van der Waals surface area contributed by atoms with Crippen LogP contribution in [-0.4, -0.2) is 12.6 Å². The number of hydrogen-bond acceptors (Lipinski definition) is 3. The molecule has 122 valence electrons. The molecule has 0 aromatic heterocycles. The summed E-state index contributed by atoms with van der Waals surface area (Å²) >= 11 is 5.98. The smallest absolute Gasteiger partial charge is 0.345 e. The molecular formula is C19H21ClO3. The van der Waals surface area contributed by atoms with E-state index in [9.17, 15) is 4.79 Å². The topological polar surface area (TPSA) is 35.5 Å². The fraction of sp³-hybridized carbons (Fsp3) is 0.316. The van der Waals surface area contributed by atoms with Crippen molar-refractivity contribution in [3.05, 3.63) is 59.1 Å². The third-order valence-electron chi connectivity index (χ3n) is 3.39. The van der Waals surface area contributed by atoms with Crippen molar-refractivity contribution < 1.29 is 14.3 Å². The number of unbranched alkanes of at least 4 members (excludes halogenated alkanes) is 3. The molecule has 0 atom stereocenters. The minimum absolute atomic E-state index is 0.352. The molecule has 0 saturated carbocycles. The Morgan fingerprint density at radius 2 is 1.65 bits per heavy atom. The van der Waals surface area contributed by atoms with Crippen molar-refractivity contribution in [3.63, 3.8) is 0 Å². The number of ether oxygens (including phenoxy) is 2. The van der Waals surface area contributed by atoms with Gasteiger partial charge in [-0.1, -0.05) is 49.9 Å². The summed E-state index contributed by atoms with van der Waals surface area (Å²) in [5.41, 5.74) is 0.352. The normalized spacial score (nSPS) is 10.3. The predicted molar refractivity (Wildman–Crippen MR) is 92.5 cm³/mol. The Labute approximate surface area is 142 Å². The first kappa shape index (κ1) is 17.4. The van der Waals surface area contributed by atoms with Crippen molar-refractivity contribution in [2.24, 2.45) is 0 Å². The van der Waals surface area contributed by atoms with Gasteiger partial charge in [0.1, 0.15) is 11.5 Å². The Balaban J connectivity index is 1.85. The molecule has 4 heteroatoms. The first-order valence-electron chi connectivity index (χ1n) is 7.90. The molecule has 0 aliphatic carbocycles. The molecule has 0 amide bonds. The molecule has 0 N–H and O–H groups in total. The van der Waals surface area contributed by atoms with Gasteiger partial charge < -0.3 is 9.47 Å². The van der Waals surface area contributed by atoms with Crippen molar-refractivity contribution in [2.45, 2.75) is 32.6 Å². The third kappa shape index (κ3) is 5.61. The van der Waals surface area contributed by atoms with Crippen molar-refractivity contribution in [3.8, 4) is 11.5 Å². The molecule has 0 radical (unpaired) electrons. The Morgan fingerprint density at radius 3 is 2.35 bits per heavy atom. The Morgan fingerprint density at radius 1 is 0.957 bits per heavy atom. The van der Waals surface area contributed by atoms with E-state index in [2.05, 4.69) is 6.92 Å². The zero-order valence-electron chi connectivity index (χ0n) is 13.3. The van der Waals surface area contributed by atoms with E-state index in [0.29, 0.717) is 22.9 Å². The maximum absolute atomic E-state index is 12.1. The van der Waals surface area contributed by atoms with Gasteiger partial charge in [-0.25, -0.2) is 4.79 Å². The molecule has 0 saturated heterocycles. The van der Waals surface area contributed by atoms with Gasteiger partial charge in [-0.05, 0) is 42.8 Å². The molecule has 2 aromatic carbocycles. The number of benzene rings is 2. The van der Waals surface area contributed by atoms with Gasteiger partial charge in [-0.3, -0.25) is 0 Å². The number of carbonyl (C=O) groups is 1. The van der Waals surface area contributed by atoms with E-state index >= 15 is 0 Å². The highest BCUT2D eigenvalue weighted by Crippen LogP contribution is 2.21. The van der Waals surface area contributed by atoms with Crippen LogP contribution in [0, 0.1) is 0 Å². The molecule has 23 heavy (non-hydrogen) atoms. The van der Waals surface area contributed by atoms with Gasteiger partial charge >= 0.3 is 5.97 Å². The van der Waals surface area contributed by atoms with E-state index in [-0.39, 0.29) is 0 Å². The molecule has 3 nitrogen and oxygen atoms in total. The van der Waals surface area contributed by atoms with Gasteiger partial charge in [0.05, 0.1) is 17.2 Å². The molecule has 0 spiro atoms. The zero-order chi connectivity index (χ0) is 16.5. The quantitative estimate of drug-likeness (QED) is 0.363. The minimum Gasteiger partial charge on any atom is -0.494 e. The van der Waals surface area contributed by atoms with Gasteiger partial charge in [0, 0.05) is 0 Å². The second-order valence-corrected chi connectivity index (χ2v) is 5.66. The van der Waals surface area contributed by atoms with Crippen molar-refractivity contribution in [1.82, 2.24) is 0 Å². The summed E-state index contributed by atoms with van der Waals surface area (Å²) in [6, 6.07) is 13.9. The van der Waals surface area contributed by atoms with Gasteiger partial charge in [0.15, 0.2) is 0 Å². The van der Waals surface area contributed by atoms with Crippen LogP contribution in [0.25, 0.3) is 0 Å². The SMILES string of the molecule is CCCCCCOc1ccc(OC(=O)c2ccccc2Cl)cc1. The van der Waals surface area contributed by atoms with Crippen LogP contribution >= 0.6 is 11.6 Å². The van der Waals surface area contributed by atoms with Crippen LogP contribution in [0.2, 0.25) is 5.02 Å². The lowest BCUT2D eigenvalue weighted by molar-refractivity contribution is 0.0735. The molecule has 2 aromatic rings. The van der Waals surface area contributed by atoms with Crippen LogP contribution in [0.3, 0.4) is 0 Å². The van der Waals surface area contributed by atoms with Crippen LogP contribution < -0.4 is 9.47 Å². The van der Waals surface area contributed by atoms with E-state index in [4.69, 9.17) is 21.1 Å². The van der Waals surface area contributed by atoms with E-state index in [0.717, 1.165) is 12.2 Å². The highest BCUT2D eigenvalue weighted by Gasteiger charge is 2.12. The van der Waals surface area contributed by atoms with Crippen molar-refractivity contribution in [2.75, 3.05) is 6.61 Å². The first-order valence-corrected chi connectivity index (χ1v) is 8.28. The number of halogens is 1. The summed E-state index contributed by atoms with van der Waals surface area (Å²) in [7, 11) is 0. The largest absolute Gasteiger partial charge is 0.494 e. The Hall–Kier alpha value is -2.00. The van der Waals surface area contributed by atoms with Gasteiger partial charge in [-0.15, -0.1) is 0 Å². The maximum Gasteiger partial charge on any atom is 0.345 e. The highest BCUT2D eigenvalue weighted by molar-refractivity contribution is 6.33. The summed E-state index contributed by atoms with van der Waals surface area (Å²) in [5.74, 6) is 0.774. The maximum atomic E-state index is 12.1. The fourth-order valence-corrected chi connectivity index (χ4v) is 2.32. The van der Waals surface area contributed by atoms with E-state index in [1.165, 1.54) is 19.3 Å². The lowest BCUT2D eigenvalue weighted by Crippen LogP contribution is -2.09. The van der Waals surface area contributed by atoms with E-state index in [1.54, 1.807) is 48.5 Å². The summed E-state index contributed by atoms with van der Waals surface area (Å²) in [6.45, 7) is 2.89. The van der Waals surface area contributed by atoms with E-state index < -0.39 is 5.97 Å². The van der Waals surface area contributed by atoms with Crippen LogP contribution in [0.5, 0.6) is 11.5 Å². The lowest BCUT2D eigenvalue weighted by atomic mass is 10.2. The van der Waals surface area contributed by atoms with Crippen LogP contribution in [0.1, 0.15) is 43.0 Å². The predicted octanol–water partition coefficient (Wildman–Crippen LogP) is 5.52. The Bertz CT molecular complexity index is 623. The van der Waals surface area contributed by atoms with Crippen LogP contribution in [0.15, 0.2) is 48.5 Å². The van der Waals surface area contributed by atoms with Crippen LogP contribution in [-0.2, 0) is 0 Å². The second kappa shape index (κ2) is 9.21. The molecule has 0 unspecified atom stereocenters. The van der Waals surface area contributed by atoms with Gasteiger partial charge in [0.25, 0.3) is 0 Å². The number of esters is 1. The van der Waals surface area contributed by atoms with Gasteiger partial charge in [0.2, 0.25) is 0 Å². The lowest BCUT2D eigenvalue weighted by Gasteiger charge is -2.08. The molecule has 0 aliphatic rings.